The Morgan fingerprint density at radius 3 is 2.19 bits per heavy atom. The number of nitrogens with one attached hydrogen (secondary N) is 2. The number of amides is 2. The van der Waals surface area contributed by atoms with E-state index < -0.39 is 41.0 Å². The summed E-state index contributed by atoms with van der Waals surface area (Å²) in [6.45, 7) is 1.64. The number of pyridine rings is 1. The summed E-state index contributed by atoms with van der Waals surface area (Å²) in [7, 11) is 0. The van der Waals surface area contributed by atoms with Crippen LogP contribution in [-0.4, -0.2) is 31.6 Å². The summed E-state index contributed by atoms with van der Waals surface area (Å²) in [5.41, 5.74) is -3.53. The van der Waals surface area contributed by atoms with Crippen LogP contribution < -0.4 is 10.6 Å². The van der Waals surface area contributed by atoms with Gasteiger partial charge in [0, 0.05) is 11.5 Å². The first-order valence-corrected chi connectivity index (χ1v) is 11.1. The lowest BCUT2D eigenvalue weighted by molar-refractivity contribution is -0.143. The van der Waals surface area contributed by atoms with Crippen LogP contribution in [0.15, 0.2) is 42.9 Å². The smallest absolute Gasteiger partial charge is 0.342 e. The average Bonchev–Trinajstić information content (AvgIpc) is 3.59. The highest BCUT2D eigenvalue weighted by Gasteiger charge is 2.38. The first-order valence-electron chi connectivity index (χ1n) is 11.1. The van der Waals surface area contributed by atoms with Crippen molar-refractivity contribution in [1.29, 1.82) is 0 Å². The third-order valence-corrected chi connectivity index (χ3v) is 5.63. The molecule has 4 rings (SSSR count). The van der Waals surface area contributed by atoms with Crippen molar-refractivity contribution in [2.75, 3.05) is 5.32 Å². The Bertz CT molecular complexity index is 1270. The Kier molecular flexibility index (Phi) is 6.93. The van der Waals surface area contributed by atoms with Crippen LogP contribution in [-0.2, 0) is 17.1 Å². The van der Waals surface area contributed by atoms with Crippen LogP contribution in [0.25, 0.3) is 5.82 Å². The van der Waals surface area contributed by atoms with Gasteiger partial charge in [-0.25, -0.2) is 9.97 Å². The molecular weight excluding hydrogens is 506 g/mol. The fourth-order valence-electron chi connectivity index (χ4n) is 3.52. The summed E-state index contributed by atoms with van der Waals surface area (Å²) in [6.07, 6.45) is -5.75. The first-order chi connectivity index (χ1) is 17.4. The zero-order valence-corrected chi connectivity index (χ0v) is 19.2. The Morgan fingerprint density at radius 1 is 1.03 bits per heavy atom. The number of alkyl halides is 6. The van der Waals surface area contributed by atoms with Gasteiger partial charge in [0.05, 0.1) is 29.1 Å². The second-order valence-corrected chi connectivity index (χ2v) is 8.43. The second kappa shape index (κ2) is 9.82. The highest BCUT2D eigenvalue weighted by atomic mass is 19.4. The highest BCUT2D eigenvalue weighted by molar-refractivity contribution is 5.95. The zero-order chi connectivity index (χ0) is 27.0. The quantitative estimate of drug-likeness (QED) is 0.425. The SMILES string of the molecule is CC[C@H](NC(=O)c1cc(C(F)(F)F)cc(C(F)(F)F)c1)c1ncnn1-c1ccc(NC(=O)C2CC2)cn1. The maximum atomic E-state index is 13.2. The molecule has 8 nitrogen and oxygen atoms in total. The van der Waals surface area contributed by atoms with Crippen molar-refractivity contribution in [3.05, 3.63) is 65.4 Å². The van der Waals surface area contributed by atoms with E-state index in [1.807, 2.05) is 0 Å². The first kappa shape index (κ1) is 26.1. The van der Waals surface area contributed by atoms with Crippen molar-refractivity contribution in [1.82, 2.24) is 25.1 Å². The second-order valence-electron chi connectivity index (χ2n) is 8.43. The van der Waals surface area contributed by atoms with Crippen LogP contribution in [0.2, 0.25) is 0 Å². The van der Waals surface area contributed by atoms with Gasteiger partial charge in [0.1, 0.15) is 6.33 Å². The third kappa shape index (κ3) is 6.06. The van der Waals surface area contributed by atoms with Gasteiger partial charge in [-0.05, 0) is 49.6 Å². The number of anilines is 1. The number of hydrogen-bond donors (Lipinski definition) is 2. The topological polar surface area (TPSA) is 102 Å². The number of halogens is 6. The predicted octanol–water partition coefficient (Wildman–Crippen LogP) is 4.93. The van der Waals surface area contributed by atoms with E-state index in [-0.39, 0.29) is 36.0 Å². The van der Waals surface area contributed by atoms with Gasteiger partial charge in [-0.2, -0.15) is 36.1 Å². The number of benzene rings is 1. The van der Waals surface area contributed by atoms with Crippen LogP contribution in [0, 0.1) is 5.92 Å². The molecule has 1 atom stereocenters. The molecule has 196 valence electrons. The van der Waals surface area contributed by atoms with Crippen LogP contribution in [0.5, 0.6) is 0 Å². The van der Waals surface area contributed by atoms with E-state index in [1.165, 1.54) is 23.3 Å². The number of rotatable bonds is 7. The number of nitrogens with zero attached hydrogens (tertiary/aromatic N) is 4. The molecule has 0 bridgehead atoms. The largest absolute Gasteiger partial charge is 0.416 e. The van der Waals surface area contributed by atoms with Gasteiger partial charge < -0.3 is 10.6 Å². The molecule has 2 aromatic heterocycles. The number of aromatic nitrogens is 4. The van der Waals surface area contributed by atoms with E-state index in [9.17, 15) is 35.9 Å². The molecule has 0 saturated heterocycles. The summed E-state index contributed by atoms with van der Waals surface area (Å²) in [5, 5.41) is 9.23. The summed E-state index contributed by atoms with van der Waals surface area (Å²) in [4.78, 5) is 33.0. The standard InChI is InChI=1S/C23H20F6N6O2/c1-2-17(34-21(37)13-7-14(22(24,25)26)9-15(8-13)23(27,28)29)19-31-11-32-35(19)18-6-5-16(10-30-18)33-20(36)12-3-4-12/h5-12,17H,2-4H2,1H3,(H,33,36)(H,34,37)/t17-/m0/s1. The van der Waals surface area contributed by atoms with Crippen molar-refractivity contribution in [2.45, 2.75) is 44.6 Å². The molecule has 0 aliphatic heterocycles. The van der Waals surface area contributed by atoms with Crippen LogP contribution in [0.3, 0.4) is 0 Å². The van der Waals surface area contributed by atoms with Crippen molar-refractivity contribution in [3.8, 4) is 5.82 Å². The fourth-order valence-corrected chi connectivity index (χ4v) is 3.52. The molecule has 1 aromatic carbocycles. The van der Waals surface area contributed by atoms with Crippen molar-refractivity contribution in [2.24, 2.45) is 5.92 Å². The van der Waals surface area contributed by atoms with Crippen molar-refractivity contribution < 1.29 is 35.9 Å². The summed E-state index contributed by atoms with van der Waals surface area (Å²) < 4.78 is 80.4. The van der Waals surface area contributed by atoms with Gasteiger partial charge in [-0.3, -0.25) is 9.59 Å². The number of carbonyl (C=O) groups excluding carboxylic acids is 2. The molecule has 37 heavy (non-hydrogen) atoms. The summed E-state index contributed by atoms with van der Waals surface area (Å²) >= 11 is 0. The summed E-state index contributed by atoms with van der Waals surface area (Å²) in [5.74, 6) is -0.833. The molecule has 3 aromatic rings. The van der Waals surface area contributed by atoms with Gasteiger partial charge in [0.15, 0.2) is 11.6 Å². The Labute approximate surface area is 206 Å². The van der Waals surface area contributed by atoms with Crippen LogP contribution in [0.1, 0.15) is 59.5 Å². The molecule has 1 saturated carbocycles. The van der Waals surface area contributed by atoms with Crippen LogP contribution in [0.4, 0.5) is 32.0 Å². The van der Waals surface area contributed by atoms with E-state index in [2.05, 4.69) is 25.7 Å². The van der Waals surface area contributed by atoms with Gasteiger partial charge in [0.25, 0.3) is 5.91 Å². The monoisotopic (exact) mass is 526 g/mol. The van der Waals surface area contributed by atoms with E-state index in [1.54, 1.807) is 13.0 Å². The maximum absolute atomic E-state index is 13.2. The molecule has 0 spiro atoms. The lowest BCUT2D eigenvalue weighted by atomic mass is 10.0. The van der Waals surface area contributed by atoms with Gasteiger partial charge >= 0.3 is 12.4 Å². The average molecular weight is 526 g/mol. The molecule has 2 heterocycles. The van der Waals surface area contributed by atoms with Crippen LogP contribution >= 0.6 is 0 Å². The van der Waals surface area contributed by atoms with Gasteiger partial charge in [-0.1, -0.05) is 6.92 Å². The number of hydrogen-bond acceptors (Lipinski definition) is 5. The van der Waals surface area contributed by atoms with E-state index in [0.29, 0.717) is 17.8 Å². The molecular formula is C23H20F6N6O2. The van der Waals surface area contributed by atoms with Crippen molar-refractivity contribution >= 4 is 17.5 Å². The van der Waals surface area contributed by atoms with Crippen molar-refractivity contribution in [3.63, 3.8) is 0 Å². The van der Waals surface area contributed by atoms with Gasteiger partial charge in [0.2, 0.25) is 5.91 Å². The fraction of sp³-hybridized carbons (Fsp3) is 0.348. The van der Waals surface area contributed by atoms with E-state index in [4.69, 9.17) is 0 Å². The zero-order valence-electron chi connectivity index (χ0n) is 19.2. The minimum absolute atomic E-state index is 0.000412. The molecule has 1 fully saturated rings. The minimum atomic E-state index is -5.09. The Balaban J connectivity index is 1.56. The predicted molar refractivity (Wildman–Crippen MR) is 117 cm³/mol. The molecule has 1 aliphatic rings. The molecule has 2 amide bonds. The Morgan fingerprint density at radius 2 is 1.68 bits per heavy atom. The normalized spacial score (nSPS) is 14.8. The molecule has 0 unspecified atom stereocenters. The molecule has 2 N–H and O–H groups in total. The third-order valence-electron chi connectivity index (χ3n) is 5.63. The van der Waals surface area contributed by atoms with E-state index >= 15 is 0 Å². The minimum Gasteiger partial charge on any atom is -0.342 e. The maximum Gasteiger partial charge on any atom is 0.416 e. The molecule has 0 radical (unpaired) electrons. The lowest BCUT2D eigenvalue weighted by Crippen LogP contribution is -2.31. The highest BCUT2D eigenvalue weighted by Crippen LogP contribution is 2.36. The molecule has 14 heteroatoms. The Hall–Kier alpha value is -3.97. The van der Waals surface area contributed by atoms with Gasteiger partial charge in [-0.15, -0.1) is 0 Å². The molecule has 1 aliphatic carbocycles. The summed E-state index contributed by atoms with van der Waals surface area (Å²) in [6, 6.07) is 2.88. The van der Waals surface area contributed by atoms with E-state index in [0.717, 1.165) is 12.8 Å². The lowest BCUT2D eigenvalue weighted by Gasteiger charge is -2.19. The number of carbonyl (C=O) groups is 2.